The molecular weight excluding hydrogens is 168 g/mol. The van der Waals surface area contributed by atoms with E-state index in [4.69, 9.17) is 4.74 Å². The minimum absolute atomic E-state index is 0.204. The van der Waals surface area contributed by atoms with E-state index in [9.17, 15) is 13.6 Å². The summed E-state index contributed by atoms with van der Waals surface area (Å²) in [4.78, 5) is 10.4. The van der Waals surface area contributed by atoms with E-state index in [1.54, 1.807) is 0 Å². The molecule has 5 heteroatoms. The lowest BCUT2D eigenvalue weighted by Gasteiger charge is -2.27. The van der Waals surface area contributed by atoms with Crippen LogP contribution in [0.15, 0.2) is 0 Å². The van der Waals surface area contributed by atoms with Crippen molar-refractivity contribution in [2.24, 2.45) is 11.7 Å². The van der Waals surface area contributed by atoms with Crippen LogP contribution in [-0.2, 0) is 9.53 Å². The van der Waals surface area contributed by atoms with Crippen LogP contribution in [0.4, 0.5) is 8.78 Å². The van der Waals surface area contributed by atoms with E-state index in [-0.39, 0.29) is 26.1 Å². The highest BCUT2D eigenvalue weighted by atomic mass is 19.3. The molecule has 0 aliphatic carbocycles. The number of hydrogen-bond acceptors (Lipinski definition) is 2. The van der Waals surface area contributed by atoms with E-state index in [2.05, 4.69) is 5.73 Å². The number of carbonyl (C=O) groups excluding carboxylic acids is 1. The number of halogens is 2. The Morgan fingerprint density at radius 2 is 1.92 bits per heavy atom. The van der Waals surface area contributed by atoms with Gasteiger partial charge in [0.05, 0.1) is 0 Å². The lowest BCUT2D eigenvalue weighted by Crippen LogP contribution is -2.44. The molecule has 0 spiro atoms. The summed E-state index contributed by atoms with van der Waals surface area (Å²) in [6, 6.07) is 0. The van der Waals surface area contributed by atoms with Crippen molar-refractivity contribution in [1.82, 2.24) is 0 Å². The molecule has 2 N–H and O–H groups in total. The molecule has 0 aromatic rings. The zero-order valence-electron chi connectivity index (χ0n) is 6.56. The first-order valence-electron chi connectivity index (χ1n) is 3.80. The summed E-state index contributed by atoms with van der Waals surface area (Å²) < 4.78 is 30.7. The van der Waals surface area contributed by atoms with E-state index in [0.29, 0.717) is 0 Å². The Morgan fingerprint density at radius 1 is 1.42 bits per heavy atom. The van der Waals surface area contributed by atoms with Crippen molar-refractivity contribution in [2.75, 3.05) is 13.2 Å². The Bertz CT molecular complexity index is 178. The molecule has 1 aliphatic rings. The predicted molar refractivity (Wildman–Crippen MR) is 37.7 cm³/mol. The summed E-state index contributed by atoms with van der Waals surface area (Å²) in [6.45, 7) is 0.571. The molecule has 1 fully saturated rings. The topological polar surface area (TPSA) is 52.3 Å². The average molecular weight is 179 g/mol. The van der Waals surface area contributed by atoms with Gasteiger partial charge in [0.15, 0.2) is 0 Å². The molecule has 0 atom stereocenters. The van der Waals surface area contributed by atoms with Gasteiger partial charge in [-0.25, -0.2) is 0 Å². The number of alkyl halides is 2. The number of nitrogens with two attached hydrogens (primary N) is 1. The zero-order chi connectivity index (χ0) is 9.19. The highest BCUT2D eigenvalue weighted by molar-refractivity contribution is 5.81. The minimum Gasteiger partial charge on any atom is -0.381 e. The first kappa shape index (κ1) is 9.38. The largest absolute Gasteiger partial charge is 0.381 e. The normalized spacial score (nSPS) is 20.8. The molecule has 0 aromatic heterocycles. The summed E-state index contributed by atoms with van der Waals surface area (Å²) >= 11 is 0. The number of rotatable bonds is 2. The van der Waals surface area contributed by atoms with Gasteiger partial charge in [0.1, 0.15) is 0 Å². The molecule has 1 amide bonds. The maximum Gasteiger partial charge on any atom is 0.327 e. The van der Waals surface area contributed by atoms with Crippen molar-refractivity contribution in [2.45, 2.75) is 18.8 Å². The van der Waals surface area contributed by atoms with Crippen molar-refractivity contribution < 1.29 is 18.3 Å². The second-order valence-electron chi connectivity index (χ2n) is 2.87. The Labute approximate surface area is 68.9 Å². The summed E-state index contributed by atoms with van der Waals surface area (Å²) in [5.41, 5.74) is 4.57. The van der Waals surface area contributed by atoms with E-state index in [1.165, 1.54) is 0 Å². The highest BCUT2D eigenvalue weighted by Crippen LogP contribution is 2.31. The van der Waals surface area contributed by atoms with E-state index in [1.807, 2.05) is 0 Å². The van der Waals surface area contributed by atoms with Gasteiger partial charge in [-0.2, -0.15) is 8.78 Å². The molecule has 12 heavy (non-hydrogen) atoms. The van der Waals surface area contributed by atoms with Crippen LogP contribution in [0.3, 0.4) is 0 Å². The molecule has 0 bridgehead atoms. The van der Waals surface area contributed by atoms with E-state index < -0.39 is 17.7 Å². The van der Waals surface area contributed by atoms with E-state index >= 15 is 0 Å². The number of primary amides is 1. The lowest BCUT2D eigenvalue weighted by molar-refractivity contribution is -0.155. The van der Waals surface area contributed by atoms with Gasteiger partial charge in [-0.1, -0.05) is 0 Å². The quantitative estimate of drug-likeness (QED) is 0.672. The Balaban J connectivity index is 2.59. The fourth-order valence-electron chi connectivity index (χ4n) is 1.26. The molecule has 0 aromatic carbocycles. The Kier molecular flexibility index (Phi) is 2.62. The van der Waals surface area contributed by atoms with Crippen LogP contribution in [0.25, 0.3) is 0 Å². The van der Waals surface area contributed by atoms with Crippen molar-refractivity contribution in [3.8, 4) is 0 Å². The summed E-state index contributed by atoms with van der Waals surface area (Å²) in [7, 11) is 0. The first-order chi connectivity index (χ1) is 5.55. The molecule has 1 heterocycles. The van der Waals surface area contributed by atoms with Crippen LogP contribution in [0, 0.1) is 5.92 Å². The number of carbonyl (C=O) groups is 1. The minimum atomic E-state index is -3.37. The first-order valence-corrected chi connectivity index (χ1v) is 3.80. The molecule has 1 rings (SSSR count). The average Bonchev–Trinajstić information content (AvgIpc) is 2.06. The van der Waals surface area contributed by atoms with Gasteiger partial charge in [-0.3, -0.25) is 4.79 Å². The number of hydrogen-bond donors (Lipinski definition) is 1. The van der Waals surface area contributed by atoms with Crippen LogP contribution in [0.5, 0.6) is 0 Å². The van der Waals surface area contributed by atoms with E-state index in [0.717, 1.165) is 0 Å². The van der Waals surface area contributed by atoms with Gasteiger partial charge in [-0.15, -0.1) is 0 Å². The van der Waals surface area contributed by atoms with Crippen LogP contribution < -0.4 is 5.73 Å². The van der Waals surface area contributed by atoms with Crippen molar-refractivity contribution in [3.05, 3.63) is 0 Å². The maximum atomic E-state index is 12.9. The van der Waals surface area contributed by atoms with Crippen LogP contribution in [0.2, 0.25) is 0 Å². The number of amides is 1. The Hall–Kier alpha value is -0.710. The molecular formula is C7H11F2NO2. The molecule has 0 unspecified atom stereocenters. The fraction of sp³-hybridized carbons (Fsp3) is 0.857. The smallest absolute Gasteiger partial charge is 0.327 e. The molecule has 0 saturated carbocycles. The fourth-order valence-corrected chi connectivity index (χ4v) is 1.26. The number of ether oxygens (including phenoxy) is 1. The third-order valence-electron chi connectivity index (χ3n) is 2.06. The standard InChI is InChI=1S/C7H11F2NO2/c8-7(9,6(10)11)5-1-3-12-4-2-5/h5H,1-4H2,(H2,10,11). The van der Waals surface area contributed by atoms with Crippen LogP contribution in [-0.4, -0.2) is 25.0 Å². The Morgan fingerprint density at radius 3 is 2.33 bits per heavy atom. The summed E-state index contributed by atoms with van der Waals surface area (Å²) in [5, 5.41) is 0. The second kappa shape index (κ2) is 3.35. The summed E-state index contributed by atoms with van der Waals surface area (Å²) in [5.74, 6) is -5.85. The third-order valence-corrected chi connectivity index (χ3v) is 2.06. The van der Waals surface area contributed by atoms with Crippen molar-refractivity contribution in [3.63, 3.8) is 0 Å². The van der Waals surface area contributed by atoms with Crippen LogP contribution in [0.1, 0.15) is 12.8 Å². The van der Waals surface area contributed by atoms with Gasteiger partial charge >= 0.3 is 5.92 Å². The van der Waals surface area contributed by atoms with Crippen molar-refractivity contribution >= 4 is 5.91 Å². The second-order valence-corrected chi connectivity index (χ2v) is 2.87. The third kappa shape index (κ3) is 1.72. The molecule has 3 nitrogen and oxygen atoms in total. The summed E-state index contributed by atoms with van der Waals surface area (Å²) in [6.07, 6.45) is 0.409. The lowest BCUT2D eigenvalue weighted by atomic mass is 9.92. The predicted octanol–water partition coefficient (Wildman–Crippen LogP) is 0.534. The molecule has 1 saturated heterocycles. The highest BCUT2D eigenvalue weighted by Gasteiger charge is 2.45. The monoisotopic (exact) mass is 179 g/mol. The molecule has 70 valence electrons. The van der Waals surface area contributed by atoms with Gasteiger partial charge in [0.25, 0.3) is 5.91 Å². The molecule has 0 radical (unpaired) electrons. The van der Waals surface area contributed by atoms with Gasteiger partial charge in [0, 0.05) is 19.1 Å². The molecule has 1 aliphatic heterocycles. The van der Waals surface area contributed by atoms with Gasteiger partial charge < -0.3 is 10.5 Å². The zero-order valence-corrected chi connectivity index (χ0v) is 6.56. The van der Waals surface area contributed by atoms with Crippen LogP contribution >= 0.6 is 0 Å². The van der Waals surface area contributed by atoms with Crippen molar-refractivity contribution in [1.29, 1.82) is 0 Å². The van der Waals surface area contributed by atoms with Gasteiger partial charge in [0.2, 0.25) is 0 Å². The maximum absolute atomic E-state index is 12.9. The SMILES string of the molecule is NC(=O)C(F)(F)C1CCOCC1. The van der Waals surface area contributed by atoms with Gasteiger partial charge in [-0.05, 0) is 12.8 Å².